The van der Waals surface area contributed by atoms with Crippen LogP contribution in [0.3, 0.4) is 0 Å². The van der Waals surface area contributed by atoms with Crippen molar-refractivity contribution in [3.63, 3.8) is 0 Å². The molecule has 12 N–H and O–H groups in total. The molecule has 1 heterocycles. The Morgan fingerprint density at radius 2 is 1.18 bits per heavy atom. The van der Waals surface area contributed by atoms with E-state index in [2.05, 4.69) is 85.0 Å². The second kappa shape index (κ2) is 52.5. The number of anilines is 3. The molecular weight excluding hydrogens is 1600 g/mol. The summed E-state index contributed by atoms with van der Waals surface area (Å²) in [6, 6.07) is 14.3. The molecular formula is C80H124Br2N14O18. The zero-order valence-corrected chi connectivity index (χ0v) is 71.8. The fraction of sp³-hybridized carbons (Fsp3) is 0.625. The van der Waals surface area contributed by atoms with Gasteiger partial charge in [0.15, 0.2) is 5.78 Å². The van der Waals surface area contributed by atoms with E-state index in [-0.39, 0.29) is 167 Å². The van der Waals surface area contributed by atoms with Crippen LogP contribution in [0.2, 0.25) is 0 Å². The first-order valence-electron chi connectivity index (χ1n) is 39.0. The van der Waals surface area contributed by atoms with Gasteiger partial charge in [-0.05, 0) is 118 Å². The summed E-state index contributed by atoms with van der Waals surface area (Å²) in [6.07, 6.45) is 1.09. The molecule has 1 aliphatic rings. The van der Waals surface area contributed by atoms with E-state index in [1.807, 2.05) is 95.8 Å². The third-order valence-corrected chi connectivity index (χ3v) is 20.6. The van der Waals surface area contributed by atoms with E-state index >= 15 is 0 Å². The van der Waals surface area contributed by atoms with E-state index in [1.54, 1.807) is 57.0 Å². The van der Waals surface area contributed by atoms with Crippen molar-refractivity contribution < 1.29 is 86.0 Å². The summed E-state index contributed by atoms with van der Waals surface area (Å²) in [7, 11) is 8.40. The summed E-state index contributed by atoms with van der Waals surface area (Å²) in [5, 5.41) is 27.9. The SMILES string of the molecule is CC[C@H](C)[C@@H]([C@@H](CC(=O)C1CCCN1[C@H](OC)[C@@H](C)C(=O)N[C@H](Cc1ccccc1)C(=O)NCCc1ccc(NC(=O)[C@@H](CCCNC(N)=O)NC(=O)C(NC(=O)COCCOCCOCCOCCNC(=O)c2ccc(NC(=O)CBr)c(NC(=O)CBr)c2)C(C)C)cc1)OC)N(C)C(=O)C(NC(=O)C(C(C)C)N(C)C)C(C)C. The van der Waals surface area contributed by atoms with Gasteiger partial charge in [0, 0.05) is 71.5 Å². The summed E-state index contributed by atoms with van der Waals surface area (Å²) >= 11 is 6.17. The molecule has 4 rings (SSSR count). The van der Waals surface area contributed by atoms with Crippen LogP contribution in [0, 0.1) is 29.6 Å². The van der Waals surface area contributed by atoms with Gasteiger partial charge in [0.1, 0.15) is 37.0 Å². The van der Waals surface area contributed by atoms with Gasteiger partial charge in [-0.2, -0.15) is 0 Å². The first-order chi connectivity index (χ1) is 54.3. The van der Waals surface area contributed by atoms with Crippen LogP contribution in [-0.2, 0) is 89.2 Å². The first kappa shape index (κ1) is 98.3. The minimum atomic E-state index is -1.12. The molecule has 0 spiro atoms. The van der Waals surface area contributed by atoms with E-state index in [9.17, 15) is 57.5 Å². The Kier molecular flexibility index (Phi) is 45.3. The topological polar surface area (TPSA) is 416 Å². The molecule has 1 saturated heterocycles. The van der Waals surface area contributed by atoms with E-state index in [0.717, 1.165) is 11.1 Å². The van der Waals surface area contributed by atoms with Crippen LogP contribution in [0.4, 0.5) is 21.9 Å². The minimum absolute atomic E-state index is 0.00934. The van der Waals surface area contributed by atoms with Gasteiger partial charge in [-0.1, -0.05) is 136 Å². The van der Waals surface area contributed by atoms with E-state index < -0.39 is 108 Å². The summed E-state index contributed by atoms with van der Waals surface area (Å²) in [5.41, 5.74) is 8.15. The lowest BCUT2D eigenvalue weighted by atomic mass is 9.88. The maximum Gasteiger partial charge on any atom is 0.312 e. The second-order valence-corrected chi connectivity index (χ2v) is 30.6. The highest BCUT2D eigenvalue weighted by atomic mass is 79.9. The molecule has 1 fully saturated rings. The van der Waals surface area contributed by atoms with Crippen LogP contribution < -0.4 is 58.9 Å². The minimum Gasteiger partial charge on any atom is -0.379 e. The number of benzene rings is 3. The number of ether oxygens (including phenoxy) is 6. The molecule has 114 heavy (non-hydrogen) atoms. The Hall–Kier alpha value is -8.06. The summed E-state index contributed by atoms with van der Waals surface area (Å²) in [4.78, 5) is 166. The number of halogens is 2. The molecule has 32 nitrogen and oxygen atoms in total. The molecule has 1 aliphatic heterocycles. The largest absolute Gasteiger partial charge is 0.379 e. The predicted octanol–water partition coefficient (Wildman–Crippen LogP) is 4.90. The third-order valence-electron chi connectivity index (χ3n) is 19.5. The van der Waals surface area contributed by atoms with Crippen molar-refractivity contribution in [1.82, 2.24) is 51.9 Å². The zero-order chi connectivity index (χ0) is 84.6. The summed E-state index contributed by atoms with van der Waals surface area (Å²) in [6.45, 7) is 18.8. The average molecular weight is 1730 g/mol. The predicted molar refractivity (Wildman–Crippen MR) is 441 cm³/mol. The molecule has 11 atom stereocenters. The van der Waals surface area contributed by atoms with Gasteiger partial charge in [0.2, 0.25) is 53.2 Å². The van der Waals surface area contributed by atoms with Gasteiger partial charge >= 0.3 is 6.03 Å². The van der Waals surface area contributed by atoms with E-state index in [4.69, 9.17) is 34.2 Å². The molecule has 3 aromatic rings. The van der Waals surface area contributed by atoms with Crippen molar-refractivity contribution >= 4 is 120 Å². The maximum absolute atomic E-state index is 14.7. The van der Waals surface area contributed by atoms with Gasteiger partial charge in [0.25, 0.3) is 5.91 Å². The van der Waals surface area contributed by atoms with Crippen molar-refractivity contribution in [1.29, 1.82) is 0 Å². The number of nitrogens with one attached hydrogen (secondary N) is 10. The van der Waals surface area contributed by atoms with Crippen LogP contribution in [0.15, 0.2) is 72.8 Å². The van der Waals surface area contributed by atoms with Gasteiger partial charge in [-0.15, -0.1) is 0 Å². The number of carbonyl (C=O) groups is 12. The zero-order valence-electron chi connectivity index (χ0n) is 68.6. The molecule has 0 saturated carbocycles. The molecule has 636 valence electrons. The maximum atomic E-state index is 14.7. The third kappa shape index (κ3) is 33.6. The fourth-order valence-corrected chi connectivity index (χ4v) is 13.7. The smallest absolute Gasteiger partial charge is 0.312 e. The lowest BCUT2D eigenvalue weighted by molar-refractivity contribution is -0.148. The van der Waals surface area contributed by atoms with Gasteiger partial charge in [-0.3, -0.25) is 62.5 Å². The number of nitrogens with two attached hydrogens (primary N) is 1. The normalized spacial score (nSPS) is 15.6. The van der Waals surface area contributed by atoms with Gasteiger partial charge < -0.3 is 92.2 Å². The van der Waals surface area contributed by atoms with Gasteiger partial charge in [-0.25, -0.2) is 4.79 Å². The molecule has 0 bridgehead atoms. The van der Waals surface area contributed by atoms with Crippen molar-refractivity contribution in [3.8, 4) is 0 Å². The number of carbonyl (C=O) groups excluding carboxylic acids is 12. The highest BCUT2D eigenvalue weighted by Crippen LogP contribution is 2.31. The second-order valence-electron chi connectivity index (χ2n) is 29.5. The number of primary amides is 1. The lowest BCUT2D eigenvalue weighted by Gasteiger charge is -2.41. The monoisotopic (exact) mass is 1730 g/mol. The molecule has 0 aromatic heterocycles. The number of hydrogen-bond acceptors (Lipinski definition) is 20. The number of alkyl halides is 2. The number of ketones is 1. The Labute approximate surface area is 688 Å². The number of likely N-dealkylation sites (N-methyl/N-ethyl adjacent to an activating group) is 2. The number of hydrogen-bond donors (Lipinski definition) is 11. The Bertz CT molecular complexity index is 3540. The molecule has 3 aromatic carbocycles. The van der Waals surface area contributed by atoms with Crippen molar-refractivity contribution in [2.24, 2.45) is 35.3 Å². The number of nitrogens with zero attached hydrogens (tertiary/aromatic N) is 3. The summed E-state index contributed by atoms with van der Waals surface area (Å²) < 4.78 is 34.3. The quantitative estimate of drug-likeness (QED) is 0.0264. The molecule has 4 unspecified atom stereocenters. The van der Waals surface area contributed by atoms with Crippen LogP contribution in [0.25, 0.3) is 0 Å². The first-order valence-corrected chi connectivity index (χ1v) is 41.2. The highest BCUT2D eigenvalue weighted by Gasteiger charge is 2.44. The van der Waals surface area contributed by atoms with Crippen molar-refractivity contribution in [3.05, 3.63) is 89.5 Å². The number of methoxy groups -OCH3 is 2. The number of amides is 12. The fourth-order valence-electron chi connectivity index (χ4n) is 13.4. The number of urea groups is 1. The number of likely N-dealkylation sites (tertiary alicyclic amines) is 1. The number of rotatable bonds is 54. The standard InChI is InChI=1S/C80H124Br2N14O18/c1-15-52(8)71(95(12)78(107)69(50(4)5)93-77(106)70(51(6)7)94(10)11)64(109-13)45-63(97)62-24-20-35-96(62)79(110-14)53(9)72(101)91-61(43-55-21-17-16-18-22-55)74(103)84-33-31-54-25-28-57(29-26-54)87-75(104)59(23-19-32-86-80(83)108)90-76(105)68(49(2)3)92-67(100)48-114-42-41-113-40-39-112-38-37-111-36-34-85-73(102)56-27-30-58(88-65(98)46-81)60(44-56)89-66(99)47-82/h16-18,21-22,25-30,44,49-53,59,61-62,64,68-71,79H,15,19-20,23-24,31-43,45-48H2,1-14H3,(H,84,103)(H,85,102)(H,87,104)(H,88,98)(H,89,99)(H,90,105)(H,91,101)(H,92,100)(H,93,106)(H3,83,86,108)/t52-,53-,59+,61+,62?,64+,68?,69?,70?,71-,79+/m0/s1. The lowest BCUT2D eigenvalue weighted by Crippen LogP contribution is -2.59. The van der Waals surface area contributed by atoms with Crippen molar-refractivity contribution in [2.75, 3.05) is 141 Å². The van der Waals surface area contributed by atoms with E-state index in [0.29, 0.717) is 43.6 Å². The van der Waals surface area contributed by atoms with Crippen LogP contribution >= 0.6 is 31.9 Å². The van der Waals surface area contributed by atoms with Gasteiger partial charge in [0.05, 0.1) is 98.4 Å². The van der Waals surface area contributed by atoms with Crippen LogP contribution in [0.1, 0.15) is 122 Å². The highest BCUT2D eigenvalue weighted by molar-refractivity contribution is 9.09. The molecule has 0 radical (unpaired) electrons. The Balaban J connectivity index is 1.27. The van der Waals surface area contributed by atoms with Crippen LogP contribution in [-0.4, -0.2) is 265 Å². The number of Topliss-reactive ketones (excluding diaryl/α,β-unsaturated/α-hetero) is 1. The van der Waals surface area contributed by atoms with Crippen molar-refractivity contribution in [2.45, 2.75) is 168 Å². The molecule has 0 aliphatic carbocycles. The average Bonchev–Trinajstić information content (AvgIpc) is 1.07. The Morgan fingerprint density at radius 3 is 1.75 bits per heavy atom. The Morgan fingerprint density at radius 1 is 0.579 bits per heavy atom. The van der Waals surface area contributed by atoms with E-state index in [1.165, 1.54) is 32.4 Å². The summed E-state index contributed by atoms with van der Waals surface area (Å²) in [5.74, 6) is -6.08. The van der Waals surface area contributed by atoms with Crippen LogP contribution in [0.5, 0.6) is 0 Å². The molecule has 34 heteroatoms. The molecule has 12 amide bonds.